The number of aliphatic hydroxyl groups excluding tert-OH is 1. The van der Waals surface area contributed by atoms with Crippen molar-refractivity contribution in [3.63, 3.8) is 0 Å². The predicted molar refractivity (Wildman–Crippen MR) is 61.3 cm³/mol. The summed E-state index contributed by atoms with van der Waals surface area (Å²) in [4.78, 5) is 0. The van der Waals surface area contributed by atoms with Crippen molar-refractivity contribution in [2.45, 2.75) is 77.2 Å². The van der Waals surface area contributed by atoms with Crippen molar-refractivity contribution in [1.29, 1.82) is 0 Å². The Kier molecular flexibility index (Phi) is 6.25. The third-order valence-electron chi connectivity index (χ3n) is 3.55. The molecular formula is C13H26O. The highest BCUT2D eigenvalue weighted by Crippen LogP contribution is 2.29. The van der Waals surface area contributed by atoms with Crippen molar-refractivity contribution in [2.75, 3.05) is 0 Å². The average molecular weight is 198 g/mol. The summed E-state index contributed by atoms with van der Waals surface area (Å²) in [6.07, 6.45) is 12.9. The zero-order valence-corrected chi connectivity index (χ0v) is 9.67. The van der Waals surface area contributed by atoms with Crippen molar-refractivity contribution in [3.05, 3.63) is 0 Å². The van der Waals surface area contributed by atoms with Gasteiger partial charge in [-0.15, -0.1) is 0 Å². The largest absolute Gasteiger partial charge is 0.393 e. The normalized spacial score (nSPS) is 20.1. The zero-order chi connectivity index (χ0) is 10.2. The van der Waals surface area contributed by atoms with Crippen molar-refractivity contribution in [3.8, 4) is 0 Å². The molecule has 1 aliphatic carbocycles. The standard InChI is InChI=1S/C13H26O/c1-2-3-4-5-6-11-13(14)12-9-7-8-10-12/h12-14H,2-11H2,1H3/t13-/m1/s1. The lowest BCUT2D eigenvalue weighted by atomic mass is 9.96. The summed E-state index contributed by atoms with van der Waals surface area (Å²) in [7, 11) is 0. The summed E-state index contributed by atoms with van der Waals surface area (Å²) in [5, 5.41) is 9.91. The minimum atomic E-state index is 0.0131. The summed E-state index contributed by atoms with van der Waals surface area (Å²) in [5.74, 6) is 0.640. The van der Waals surface area contributed by atoms with Crippen LogP contribution in [0, 0.1) is 5.92 Å². The van der Waals surface area contributed by atoms with Gasteiger partial charge in [-0.25, -0.2) is 0 Å². The lowest BCUT2D eigenvalue weighted by Crippen LogP contribution is -2.17. The quantitative estimate of drug-likeness (QED) is 0.615. The van der Waals surface area contributed by atoms with E-state index in [-0.39, 0.29) is 6.10 Å². The highest BCUT2D eigenvalue weighted by molar-refractivity contribution is 4.74. The lowest BCUT2D eigenvalue weighted by Gasteiger charge is -2.17. The molecule has 0 bridgehead atoms. The molecule has 0 heterocycles. The van der Waals surface area contributed by atoms with Crippen LogP contribution in [0.4, 0.5) is 0 Å². The van der Waals surface area contributed by atoms with E-state index >= 15 is 0 Å². The molecule has 0 aromatic heterocycles. The van der Waals surface area contributed by atoms with Gasteiger partial charge in [0.15, 0.2) is 0 Å². The molecule has 0 aromatic carbocycles. The number of aliphatic hydroxyl groups is 1. The number of unbranched alkanes of at least 4 members (excludes halogenated alkanes) is 4. The van der Waals surface area contributed by atoms with E-state index in [1.54, 1.807) is 0 Å². The topological polar surface area (TPSA) is 20.2 Å². The number of rotatable bonds is 7. The third kappa shape index (κ3) is 4.45. The maximum absolute atomic E-state index is 9.91. The summed E-state index contributed by atoms with van der Waals surface area (Å²) in [6.45, 7) is 2.24. The van der Waals surface area contributed by atoms with Crippen molar-refractivity contribution in [2.24, 2.45) is 5.92 Å². The first kappa shape index (κ1) is 12.0. The van der Waals surface area contributed by atoms with Gasteiger partial charge < -0.3 is 5.11 Å². The Morgan fingerprint density at radius 2 is 1.71 bits per heavy atom. The molecule has 0 aliphatic heterocycles. The van der Waals surface area contributed by atoms with E-state index in [4.69, 9.17) is 0 Å². The molecule has 0 radical (unpaired) electrons. The fourth-order valence-corrected chi connectivity index (χ4v) is 2.53. The fraction of sp³-hybridized carbons (Fsp3) is 1.00. The Hall–Kier alpha value is -0.0400. The molecule has 1 heteroatoms. The highest BCUT2D eigenvalue weighted by atomic mass is 16.3. The van der Waals surface area contributed by atoms with E-state index in [9.17, 15) is 5.11 Å². The SMILES string of the molecule is CCCCCCC[C@@H](O)C1CCCC1. The van der Waals surface area contributed by atoms with E-state index in [2.05, 4.69) is 6.92 Å². The van der Waals surface area contributed by atoms with E-state index in [1.807, 2.05) is 0 Å². The Morgan fingerprint density at radius 3 is 2.36 bits per heavy atom. The van der Waals surface area contributed by atoms with Gasteiger partial charge in [0.1, 0.15) is 0 Å². The summed E-state index contributed by atoms with van der Waals surface area (Å²) >= 11 is 0. The molecule has 1 nitrogen and oxygen atoms in total. The second-order valence-electron chi connectivity index (χ2n) is 4.81. The van der Waals surface area contributed by atoms with Crippen LogP contribution in [0.25, 0.3) is 0 Å². The van der Waals surface area contributed by atoms with Gasteiger partial charge >= 0.3 is 0 Å². The first-order chi connectivity index (χ1) is 6.84. The Labute approximate surface area is 88.9 Å². The second-order valence-corrected chi connectivity index (χ2v) is 4.81. The smallest absolute Gasteiger partial charge is 0.0568 e. The predicted octanol–water partition coefficient (Wildman–Crippen LogP) is 3.90. The molecule has 0 spiro atoms. The van der Waals surface area contributed by atoms with Gasteiger partial charge in [0.05, 0.1) is 6.10 Å². The van der Waals surface area contributed by atoms with Gasteiger partial charge in [-0.05, 0) is 25.2 Å². The van der Waals surface area contributed by atoms with Gasteiger partial charge in [0.2, 0.25) is 0 Å². The lowest BCUT2D eigenvalue weighted by molar-refractivity contribution is 0.0989. The Balaban J connectivity index is 1.94. The van der Waals surface area contributed by atoms with Crippen molar-refractivity contribution < 1.29 is 5.11 Å². The molecule has 1 aliphatic rings. The van der Waals surface area contributed by atoms with E-state index in [0.29, 0.717) is 5.92 Å². The van der Waals surface area contributed by atoms with Crippen molar-refractivity contribution >= 4 is 0 Å². The monoisotopic (exact) mass is 198 g/mol. The van der Waals surface area contributed by atoms with Crippen LogP contribution in [0.2, 0.25) is 0 Å². The van der Waals surface area contributed by atoms with Crippen LogP contribution < -0.4 is 0 Å². The van der Waals surface area contributed by atoms with Gasteiger partial charge in [0, 0.05) is 0 Å². The molecule has 1 saturated carbocycles. The Bertz CT molecular complexity index is 127. The van der Waals surface area contributed by atoms with Crippen LogP contribution in [0.15, 0.2) is 0 Å². The van der Waals surface area contributed by atoms with E-state index in [1.165, 1.54) is 57.8 Å². The molecule has 14 heavy (non-hydrogen) atoms. The fourth-order valence-electron chi connectivity index (χ4n) is 2.53. The first-order valence-corrected chi connectivity index (χ1v) is 6.52. The molecule has 1 atom stereocenters. The van der Waals surface area contributed by atoms with E-state index < -0.39 is 0 Å². The molecule has 1 rings (SSSR count). The minimum Gasteiger partial charge on any atom is -0.393 e. The van der Waals surface area contributed by atoms with Crippen LogP contribution in [0.5, 0.6) is 0 Å². The maximum atomic E-state index is 9.91. The maximum Gasteiger partial charge on any atom is 0.0568 e. The Morgan fingerprint density at radius 1 is 1.07 bits per heavy atom. The molecular weight excluding hydrogens is 172 g/mol. The van der Waals surface area contributed by atoms with Crippen molar-refractivity contribution in [1.82, 2.24) is 0 Å². The summed E-state index contributed by atoms with van der Waals surface area (Å²) < 4.78 is 0. The van der Waals surface area contributed by atoms with Crippen LogP contribution in [-0.2, 0) is 0 Å². The molecule has 0 unspecified atom stereocenters. The molecule has 1 fully saturated rings. The minimum absolute atomic E-state index is 0.0131. The summed E-state index contributed by atoms with van der Waals surface area (Å²) in [6, 6.07) is 0. The van der Waals surface area contributed by atoms with Crippen LogP contribution in [-0.4, -0.2) is 11.2 Å². The van der Waals surface area contributed by atoms with Crippen LogP contribution >= 0.6 is 0 Å². The molecule has 84 valence electrons. The van der Waals surface area contributed by atoms with Gasteiger partial charge in [-0.3, -0.25) is 0 Å². The zero-order valence-electron chi connectivity index (χ0n) is 9.67. The molecule has 0 saturated heterocycles. The van der Waals surface area contributed by atoms with Gasteiger partial charge in [0.25, 0.3) is 0 Å². The van der Waals surface area contributed by atoms with Gasteiger partial charge in [-0.1, -0.05) is 51.9 Å². The third-order valence-corrected chi connectivity index (χ3v) is 3.55. The molecule has 0 amide bonds. The summed E-state index contributed by atoms with van der Waals surface area (Å²) in [5.41, 5.74) is 0. The number of hydrogen-bond donors (Lipinski definition) is 1. The second kappa shape index (κ2) is 7.28. The molecule has 1 N–H and O–H groups in total. The number of hydrogen-bond acceptors (Lipinski definition) is 1. The van der Waals surface area contributed by atoms with Gasteiger partial charge in [-0.2, -0.15) is 0 Å². The molecule has 0 aromatic rings. The van der Waals surface area contributed by atoms with Crippen LogP contribution in [0.1, 0.15) is 71.1 Å². The average Bonchev–Trinajstić information content (AvgIpc) is 2.70. The highest BCUT2D eigenvalue weighted by Gasteiger charge is 2.22. The van der Waals surface area contributed by atoms with Crippen LogP contribution in [0.3, 0.4) is 0 Å². The first-order valence-electron chi connectivity index (χ1n) is 6.52. The van der Waals surface area contributed by atoms with E-state index in [0.717, 1.165) is 6.42 Å².